The van der Waals surface area contributed by atoms with E-state index in [1.165, 1.54) is 31.2 Å². The van der Waals surface area contributed by atoms with Gasteiger partial charge in [0.25, 0.3) is 0 Å². The highest BCUT2D eigenvalue weighted by Crippen LogP contribution is 2.57. The van der Waals surface area contributed by atoms with Gasteiger partial charge in [-0.1, -0.05) is 23.4 Å². The largest absolute Gasteiger partial charge is 0.490 e. The zero-order chi connectivity index (χ0) is 21.7. The van der Waals surface area contributed by atoms with Crippen LogP contribution >= 0.6 is 23.4 Å². The standard InChI is InChI=1S/C21H19ClF2O4S2/c1-12(25)29-15-8-9-21(30(26,27)16-4-2-14(22)3-5-16)13(10-15)11-28-20-18(24)7-6-17(23)19(20)21/h2-7,13,15H,8-11H2,1H3/t13-,15-,21+/m1/s1. The van der Waals surface area contributed by atoms with E-state index in [9.17, 15) is 17.6 Å². The molecule has 160 valence electrons. The Morgan fingerprint density at radius 1 is 1.17 bits per heavy atom. The van der Waals surface area contributed by atoms with Crippen molar-refractivity contribution in [2.75, 3.05) is 6.61 Å². The van der Waals surface area contributed by atoms with Crippen LogP contribution in [0.15, 0.2) is 41.3 Å². The molecule has 0 radical (unpaired) electrons. The molecule has 2 aromatic carbocycles. The first-order chi connectivity index (χ1) is 14.2. The summed E-state index contributed by atoms with van der Waals surface area (Å²) in [5, 5.41) is 0.194. The lowest BCUT2D eigenvalue weighted by Crippen LogP contribution is -2.52. The van der Waals surface area contributed by atoms with E-state index in [2.05, 4.69) is 0 Å². The molecule has 2 aromatic rings. The molecule has 4 nitrogen and oxygen atoms in total. The third-order valence-corrected chi connectivity index (χ3v) is 9.83. The summed E-state index contributed by atoms with van der Waals surface area (Å²) in [7, 11) is -4.14. The van der Waals surface area contributed by atoms with Crippen molar-refractivity contribution in [2.24, 2.45) is 5.92 Å². The monoisotopic (exact) mass is 472 g/mol. The molecule has 30 heavy (non-hydrogen) atoms. The number of hydrogen-bond donors (Lipinski definition) is 0. The Morgan fingerprint density at radius 3 is 2.50 bits per heavy atom. The average molecular weight is 473 g/mol. The maximum Gasteiger partial charge on any atom is 0.188 e. The fraction of sp³-hybridized carbons (Fsp3) is 0.381. The van der Waals surface area contributed by atoms with Gasteiger partial charge in [-0.15, -0.1) is 0 Å². The Labute approximate surface area is 182 Å². The van der Waals surface area contributed by atoms with Crippen LogP contribution in [0.3, 0.4) is 0 Å². The molecule has 0 bridgehead atoms. The van der Waals surface area contributed by atoms with Crippen molar-refractivity contribution in [1.29, 1.82) is 0 Å². The zero-order valence-electron chi connectivity index (χ0n) is 16.0. The van der Waals surface area contributed by atoms with E-state index in [0.717, 1.165) is 23.9 Å². The van der Waals surface area contributed by atoms with Crippen LogP contribution in [0.2, 0.25) is 5.02 Å². The Kier molecular flexibility index (Phi) is 5.61. The van der Waals surface area contributed by atoms with Crippen molar-refractivity contribution < 1.29 is 26.7 Å². The lowest BCUT2D eigenvalue weighted by atomic mass is 9.73. The number of thioether (sulfide) groups is 1. The van der Waals surface area contributed by atoms with E-state index in [4.69, 9.17) is 16.3 Å². The number of rotatable bonds is 3. The highest BCUT2D eigenvalue weighted by Gasteiger charge is 2.59. The van der Waals surface area contributed by atoms with Crippen molar-refractivity contribution >= 4 is 38.3 Å². The van der Waals surface area contributed by atoms with Crippen molar-refractivity contribution in [3.63, 3.8) is 0 Å². The molecule has 3 atom stereocenters. The van der Waals surface area contributed by atoms with Crippen LogP contribution in [0.1, 0.15) is 31.7 Å². The van der Waals surface area contributed by atoms with Gasteiger partial charge in [-0.25, -0.2) is 17.2 Å². The van der Waals surface area contributed by atoms with Gasteiger partial charge in [0.2, 0.25) is 0 Å². The summed E-state index contributed by atoms with van der Waals surface area (Å²) in [6.45, 7) is 1.38. The highest BCUT2D eigenvalue weighted by atomic mass is 35.5. The molecule has 2 aliphatic rings. The molecule has 1 aliphatic carbocycles. The summed E-state index contributed by atoms with van der Waals surface area (Å²) >= 11 is 7.07. The fourth-order valence-corrected chi connectivity index (χ4v) is 8.17. The molecular weight excluding hydrogens is 454 g/mol. The van der Waals surface area contributed by atoms with Crippen LogP contribution in [0.4, 0.5) is 8.78 Å². The molecular formula is C21H19ClF2O4S2. The van der Waals surface area contributed by atoms with Gasteiger partial charge in [0.15, 0.2) is 26.5 Å². The zero-order valence-corrected chi connectivity index (χ0v) is 18.4. The van der Waals surface area contributed by atoms with E-state index in [1.807, 2.05) is 0 Å². The van der Waals surface area contributed by atoms with E-state index >= 15 is 4.39 Å². The van der Waals surface area contributed by atoms with Crippen LogP contribution in [0, 0.1) is 17.6 Å². The Hall–Kier alpha value is -1.64. The first-order valence-corrected chi connectivity index (χ1v) is 12.2. The molecule has 1 heterocycles. The maximum atomic E-state index is 15.1. The summed E-state index contributed by atoms with van der Waals surface area (Å²) in [4.78, 5) is 11.6. The van der Waals surface area contributed by atoms with E-state index in [1.54, 1.807) is 0 Å². The smallest absolute Gasteiger partial charge is 0.188 e. The number of sulfone groups is 1. The molecule has 1 fully saturated rings. The summed E-state index contributed by atoms with van der Waals surface area (Å²) in [6.07, 6.45) is 0.778. The second kappa shape index (κ2) is 7.80. The minimum atomic E-state index is -4.14. The first kappa shape index (κ1) is 21.6. The second-order valence-corrected chi connectivity index (χ2v) is 11.7. The number of benzene rings is 2. The van der Waals surface area contributed by atoms with Gasteiger partial charge in [-0.05, 0) is 55.7 Å². The number of fused-ring (bicyclic) bond motifs is 3. The van der Waals surface area contributed by atoms with E-state index in [-0.39, 0.29) is 39.6 Å². The maximum absolute atomic E-state index is 15.1. The molecule has 1 aliphatic heterocycles. The van der Waals surface area contributed by atoms with Crippen molar-refractivity contribution in [3.8, 4) is 5.75 Å². The average Bonchev–Trinajstić information content (AvgIpc) is 2.70. The predicted molar refractivity (Wildman–Crippen MR) is 112 cm³/mol. The van der Waals surface area contributed by atoms with Gasteiger partial charge in [0.05, 0.1) is 17.1 Å². The van der Waals surface area contributed by atoms with Crippen molar-refractivity contribution in [3.05, 3.63) is 58.6 Å². The minimum Gasteiger partial charge on any atom is -0.490 e. The Balaban J connectivity index is 1.93. The molecule has 0 unspecified atom stereocenters. The Bertz CT molecular complexity index is 1100. The van der Waals surface area contributed by atoms with Crippen LogP contribution in [0.5, 0.6) is 5.75 Å². The van der Waals surface area contributed by atoms with Crippen LogP contribution < -0.4 is 4.74 Å². The minimum absolute atomic E-state index is 0.00826. The summed E-state index contributed by atoms with van der Waals surface area (Å²) in [5.41, 5.74) is -0.250. The van der Waals surface area contributed by atoms with Crippen LogP contribution in [-0.2, 0) is 19.4 Å². The summed E-state index contributed by atoms with van der Waals surface area (Å²) in [5.74, 6) is -2.59. The van der Waals surface area contributed by atoms with Gasteiger partial charge in [0.1, 0.15) is 10.6 Å². The molecule has 0 N–H and O–H groups in total. The SMILES string of the molecule is CC(=O)S[C@@H]1CC[C@@]2(S(=O)(=O)c3ccc(Cl)cc3)c3c(F)ccc(F)c3OC[C@H]2C1. The Morgan fingerprint density at radius 2 is 1.83 bits per heavy atom. The lowest BCUT2D eigenvalue weighted by Gasteiger charge is -2.48. The topological polar surface area (TPSA) is 60.4 Å². The van der Waals surface area contributed by atoms with Gasteiger partial charge in [0, 0.05) is 23.1 Å². The van der Waals surface area contributed by atoms with Gasteiger partial charge < -0.3 is 4.74 Å². The molecule has 0 aromatic heterocycles. The molecule has 0 spiro atoms. The van der Waals surface area contributed by atoms with Gasteiger partial charge in [-0.2, -0.15) is 0 Å². The summed E-state index contributed by atoms with van der Waals surface area (Å²) in [6, 6.07) is 7.56. The summed E-state index contributed by atoms with van der Waals surface area (Å²) < 4.78 is 61.4. The van der Waals surface area contributed by atoms with Crippen molar-refractivity contribution in [1.82, 2.24) is 0 Å². The fourth-order valence-electron chi connectivity index (χ4n) is 4.64. The van der Waals surface area contributed by atoms with Crippen molar-refractivity contribution in [2.45, 2.75) is 41.1 Å². The van der Waals surface area contributed by atoms with Gasteiger partial charge >= 0.3 is 0 Å². The quantitative estimate of drug-likeness (QED) is 0.620. The predicted octanol–water partition coefficient (Wildman–Crippen LogP) is 5.13. The highest BCUT2D eigenvalue weighted by molar-refractivity contribution is 8.14. The molecule has 9 heteroatoms. The van der Waals surface area contributed by atoms with E-state index < -0.39 is 32.1 Å². The first-order valence-electron chi connectivity index (χ1n) is 9.45. The number of halogens is 3. The molecule has 1 saturated carbocycles. The molecule has 0 amide bonds. The number of ether oxygens (including phenoxy) is 1. The number of carbonyl (C=O) groups is 1. The van der Waals surface area contributed by atoms with E-state index in [0.29, 0.717) is 17.9 Å². The second-order valence-electron chi connectivity index (χ2n) is 7.59. The third kappa shape index (κ3) is 3.33. The normalized spacial score (nSPS) is 25.7. The van der Waals surface area contributed by atoms with Crippen LogP contribution in [0.25, 0.3) is 0 Å². The van der Waals surface area contributed by atoms with Crippen LogP contribution in [-0.4, -0.2) is 25.4 Å². The van der Waals surface area contributed by atoms with Gasteiger partial charge in [-0.3, -0.25) is 4.79 Å². The lowest BCUT2D eigenvalue weighted by molar-refractivity contribution is -0.109. The molecule has 0 saturated heterocycles. The molecule has 4 rings (SSSR count). The number of carbonyl (C=O) groups excluding carboxylic acids is 1. The number of hydrogen-bond acceptors (Lipinski definition) is 5. The third-order valence-electron chi connectivity index (χ3n) is 5.89.